The van der Waals surface area contributed by atoms with Crippen LogP contribution in [0.3, 0.4) is 0 Å². The maximum absolute atomic E-state index is 11.4. The van der Waals surface area contributed by atoms with Crippen LogP contribution in [0.15, 0.2) is 0 Å². The van der Waals surface area contributed by atoms with Gasteiger partial charge >= 0.3 is 0 Å². The Morgan fingerprint density at radius 3 is 2.67 bits per heavy atom. The zero-order valence-electron chi connectivity index (χ0n) is 9.77. The Morgan fingerprint density at radius 2 is 2.20 bits per heavy atom. The van der Waals surface area contributed by atoms with Crippen LogP contribution in [-0.4, -0.2) is 38.3 Å². The van der Waals surface area contributed by atoms with Crippen LogP contribution >= 0.6 is 0 Å². The molecule has 4 nitrogen and oxygen atoms in total. The predicted octanol–water partition coefficient (Wildman–Crippen LogP) is 0.671. The fourth-order valence-electron chi connectivity index (χ4n) is 1.75. The second-order valence-electron chi connectivity index (χ2n) is 4.12. The fraction of sp³-hybridized carbons (Fsp3) is 0.909. The van der Waals surface area contributed by atoms with E-state index in [1.54, 1.807) is 7.11 Å². The fourth-order valence-corrected chi connectivity index (χ4v) is 1.75. The van der Waals surface area contributed by atoms with E-state index in [1.807, 2.05) is 6.92 Å². The average Bonchev–Trinajstić information content (AvgIpc) is 2.17. The Kier molecular flexibility index (Phi) is 5.05. The molecule has 0 aromatic rings. The maximum Gasteiger partial charge on any atom is 0.221 e. The van der Waals surface area contributed by atoms with Gasteiger partial charge in [0.15, 0.2) is 0 Å². The van der Waals surface area contributed by atoms with Gasteiger partial charge in [-0.05, 0) is 25.8 Å². The third-order valence-electron chi connectivity index (χ3n) is 3.08. The summed E-state index contributed by atoms with van der Waals surface area (Å²) in [6, 6.07) is 0. The molecule has 88 valence electrons. The summed E-state index contributed by atoms with van der Waals surface area (Å²) in [6.45, 7) is 4.36. The second kappa shape index (κ2) is 6.08. The molecule has 15 heavy (non-hydrogen) atoms. The molecule has 0 aliphatic heterocycles. The standard InChI is InChI=1S/C11H22N2O2/c1-3-12-8-5-10(14)13-9-11(15-2)6-4-7-11/h12H,3-9H2,1-2H3,(H,13,14). The van der Waals surface area contributed by atoms with Crippen LogP contribution in [0.2, 0.25) is 0 Å². The van der Waals surface area contributed by atoms with Gasteiger partial charge in [-0.1, -0.05) is 6.92 Å². The van der Waals surface area contributed by atoms with E-state index >= 15 is 0 Å². The maximum atomic E-state index is 11.4. The van der Waals surface area contributed by atoms with Gasteiger partial charge in [0, 0.05) is 26.6 Å². The van der Waals surface area contributed by atoms with E-state index in [2.05, 4.69) is 10.6 Å². The lowest BCUT2D eigenvalue weighted by molar-refractivity contribution is -0.124. The summed E-state index contributed by atoms with van der Waals surface area (Å²) in [5.74, 6) is 0.110. The first-order chi connectivity index (χ1) is 7.22. The summed E-state index contributed by atoms with van der Waals surface area (Å²) < 4.78 is 5.42. The van der Waals surface area contributed by atoms with Gasteiger partial charge in [-0.2, -0.15) is 0 Å². The van der Waals surface area contributed by atoms with Crippen molar-refractivity contribution >= 4 is 5.91 Å². The first-order valence-electron chi connectivity index (χ1n) is 5.75. The lowest BCUT2D eigenvalue weighted by atomic mass is 9.80. The number of amides is 1. The molecule has 1 saturated carbocycles. The summed E-state index contributed by atoms with van der Waals surface area (Å²) >= 11 is 0. The normalized spacial score (nSPS) is 18.3. The monoisotopic (exact) mass is 214 g/mol. The summed E-state index contributed by atoms with van der Waals surface area (Å²) in [5, 5.41) is 6.06. The molecule has 0 spiro atoms. The Bertz CT molecular complexity index is 197. The van der Waals surface area contributed by atoms with E-state index < -0.39 is 0 Å². The van der Waals surface area contributed by atoms with Crippen molar-refractivity contribution in [3.8, 4) is 0 Å². The number of hydrogen-bond acceptors (Lipinski definition) is 3. The average molecular weight is 214 g/mol. The van der Waals surface area contributed by atoms with Crippen molar-refractivity contribution < 1.29 is 9.53 Å². The predicted molar refractivity (Wildman–Crippen MR) is 59.8 cm³/mol. The van der Waals surface area contributed by atoms with E-state index in [4.69, 9.17) is 4.74 Å². The van der Waals surface area contributed by atoms with E-state index in [9.17, 15) is 4.79 Å². The molecule has 0 aromatic carbocycles. The van der Waals surface area contributed by atoms with Crippen molar-refractivity contribution in [2.24, 2.45) is 0 Å². The minimum absolute atomic E-state index is 0.0617. The largest absolute Gasteiger partial charge is 0.376 e. The minimum atomic E-state index is -0.0617. The number of methoxy groups -OCH3 is 1. The Labute approximate surface area is 91.8 Å². The SMILES string of the molecule is CCNCCC(=O)NCC1(OC)CCC1. The van der Waals surface area contributed by atoms with Crippen LogP contribution in [0.4, 0.5) is 0 Å². The second-order valence-corrected chi connectivity index (χ2v) is 4.12. The molecule has 0 bridgehead atoms. The van der Waals surface area contributed by atoms with Gasteiger partial charge in [0.05, 0.1) is 5.60 Å². The van der Waals surface area contributed by atoms with Gasteiger partial charge in [0.25, 0.3) is 0 Å². The van der Waals surface area contributed by atoms with Crippen LogP contribution in [0, 0.1) is 0 Å². The molecule has 2 N–H and O–H groups in total. The third-order valence-corrected chi connectivity index (χ3v) is 3.08. The van der Waals surface area contributed by atoms with Crippen molar-refractivity contribution in [1.82, 2.24) is 10.6 Å². The van der Waals surface area contributed by atoms with E-state index in [-0.39, 0.29) is 11.5 Å². The molecule has 1 aliphatic rings. The van der Waals surface area contributed by atoms with Crippen LogP contribution in [0.5, 0.6) is 0 Å². The first-order valence-corrected chi connectivity index (χ1v) is 5.75. The van der Waals surface area contributed by atoms with Gasteiger partial charge in [0.2, 0.25) is 5.91 Å². The van der Waals surface area contributed by atoms with Crippen LogP contribution in [-0.2, 0) is 9.53 Å². The highest BCUT2D eigenvalue weighted by atomic mass is 16.5. The molecule has 0 unspecified atom stereocenters. The molecule has 0 heterocycles. The lowest BCUT2D eigenvalue weighted by Crippen LogP contribution is -2.49. The van der Waals surface area contributed by atoms with Crippen molar-refractivity contribution in [3.63, 3.8) is 0 Å². The quantitative estimate of drug-likeness (QED) is 0.612. The van der Waals surface area contributed by atoms with E-state index in [0.29, 0.717) is 13.0 Å². The number of nitrogens with one attached hydrogen (secondary N) is 2. The molecular weight excluding hydrogens is 192 g/mol. The summed E-state index contributed by atoms with van der Waals surface area (Å²) in [5.41, 5.74) is -0.0617. The molecule has 1 rings (SSSR count). The Morgan fingerprint density at radius 1 is 1.47 bits per heavy atom. The van der Waals surface area contributed by atoms with E-state index in [1.165, 1.54) is 6.42 Å². The van der Waals surface area contributed by atoms with Gasteiger partial charge in [0.1, 0.15) is 0 Å². The van der Waals surface area contributed by atoms with Crippen LogP contribution < -0.4 is 10.6 Å². The highest BCUT2D eigenvalue weighted by Gasteiger charge is 2.36. The molecule has 1 fully saturated rings. The van der Waals surface area contributed by atoms with Gasteiger partial charge in [-0.3, -0.25) is 4.79 Å². The Balaban J connectivity index is 2.10. The van der Waals surface area contributed by atoms with Gasteiger partial charge < -0.3 is 15.4 Å². The minimum Gasteiger partial charge on any atom is -0.376 e. The van der Waals surface area contributed by atoms with Crippen LogP contribution in [0.1, 0.15) is 32.6 Å². The molecule has 1 amide bonds. The first kappa shape index (κ1) is 12.5. The van der Waals surface area contributed by atoms with Crippen LogP contribution in [0.25, 0.3) is 0 Å². The van der Waals surface area contributed by atoms with Crippen molar-refractivity contribution in [1.29, 1.82) is 0 Å². The highest BCUT2D eigenvalue weighted by Crippen LogP contribution is 2.34. The summed E-state index contributed by atoms with van der Waals surface area (Å²) in [6.07, 6.45) is 3.89. The van der Waals surface area contributed by atoms with Crippen molar-refractivity contribution in [3.05, 3.63) is 0 Å². The smallest absolute Gasteiger partial charge is 0.221 e. The molecular formula is C11H22N2O2. The molecule has 0 aromatic heterocycles. The third kappa shape index (κ3) is 3.80. The molecule has 0 atom stereocenters. The number of hydrogen-bond donors (Lipinski definition) is 2. The number of ether oxygens (including phenoxy) is 1. The lowest BCUT2D eigenvalue weighted by Gasteiger charge is -2.40. The number of carbonyl (C=O) groups is 1. The van der Waals surface area contributed by atoms with Gasteiger partial charge in [-0.25, -0.2) is 0 Å². The molecule has 4 heteroatoms. The van der Waals surface area contributed by atoms with E-state index in [0.717, 1.165) is 25.9 Å². The Hall–Kier alpha value is -0.610. The molecule has 1 aliphatic carbocycles. The summed E-state index contributed by atoms with van der Waals surface area (Å²) in [4.78, 5) is 11.4. The number of rotatable bonds is 7. The molecule has 0 radical (unpaired) electrons. The number of carbonyl (C=O) groups excluding carboxylic acids is 1. The topological polar surface area (TPSA) is 50.4 Å². The van der Waals surface area contributed by atoms with Crippen molar-refractivity contribution in [2.45, 2.75) is 38.2 Å². The highest BCUT2D eigenvalue weighted by molar-refractivity contribution is 5.76. The zero-order valence-corrected chi connectivity index (χ0v) is 9.77. The zero-order chi connectivity index (χ0) is 11.1. The van der Waals surface area contributed by atoms with Gasteiger partial charge in [-0.15, -0.1) is 0 Å². The van der Waals surface area contributed by atoms with Crippen molar-refractivity contribution in [2.75, 3.05) is 26.7 Å². The molecule has 0 saturated heterocycles. The summed E-state index contributed by atoms with van der Waals surface area (Å²) in [7, 11) is 1.73.